The first-order valence-corrected chi connectivity index (χ1v) is 7.23. The largest absolute Gasteiger partial charge is 0.394 e. The van der Waals surface area contributed by atoms with E-state index in [2.05, 4.69) is 34.6 Å². The Morgan fingerprint density at radius 1 is 1.16 bits per heavy atom. The lowest BCUT2D eigenvalue weighted by Crippen LogP contribution is -2.49. The topological polar surface area (TPSA) is 48.0 Å². The van der Waals surface area contributed by atoms with Crippen molar-refractivity contribution in [2.24, 2.45) is 0 Å². The lowest BCUT2D eigenvalue weighted by Gasteiger charge is -2.36. The van der Waals surface area contributed by atoms with E-state index in [4.69, 9.17) is 0 Å². The molecule has 102 valence electrons. The van der Waals surface area contributed by atoms with E-state index in [1.165, 1.54) is 35.7 Å². The number of benzene rings is 1. The Hall–Kier alpha value is -1.32. The SMILES string of the molecule is OCC1(NCc2ccc3cc[nH]c3c2)CCCCC1. The van der Waals surface area contributed by atoms with Crippen molar-refractivity contribution < 1.29 is 5.11 Å². The van der Waals surface area contributed by atoms with E-state index in [1.54, 1.807) is 0 Å². The predicted molar refractivity (Wildman–Crippen MR) is 78.0 cm³/mol. The van der Waals surface area contributed by atoms with Crippen LogP contribution in [0.2, 0.25) is 0 Å². The van der Waals surface area contributed by atoms with E-state index < -0.39 is 0 Å². The Bertz CT molecular complexity index is 540. The summed E-state index contributed by atoms with van der Waals surface area (Å²) in [6.45, 7) is 1.08. The van der Waals surface area contributed by atoms with Gasteiger partial charge in [0.15, 0.2) is 0 Å². The molecule has 1 fully saturated rings. The van der Waals surface area contributed by atoms with Crippen molar-refractivity contribution in [3.05, 3.63) is 36.0 Å². The van der Waals surface area contributed by atoms with Crippen molar-refractivity contribution in [3.63, 3.8) is 0 Å². The monoisotopic (exact) mass is 258 g/mol. The van der Waals surface area contributed by atoms with Gasteiger partial charge in [0.2, 0.25) is 0 Å². The summed E-state index contributed by atoms with van der Waals surface area (Å²) in [7, 11) is 0. The molecule has 0 aliphatic heterocycles. The molecule has 0 atom stereocenters. The average Bonchev–Trinajstić information content (AvgIpc) is 2.93. The number of hydrogen-bond donors (Lipinski definition) is 3. The van der Waals surface area contributed by atoms with Crippen LogP contribution in [0.1, 0.15) is 37.7 Å². The second-order valence-electron chi connectivity index (χ2n) is 5.75. The first-order chi connectivity index (χ1) is 9.31. The highest BCUT2D eigenvalue weighted by molar-refractivity contribution is 5.79. The van der Waals surface area contributed by atoms with Gasteiger partial charge in [-0.3, -0.25) is 0 Å². The summed E-state index contributed by atoms with van der Waals surface area (Å²) in [4.78, 5) is 3.24. The van der Waals surface area contributed by atoms with Crippen LogP contribution >= 0.6 is 0 Å². The van der Waals surface area contributed by atoms with Crippen LogP contribution in [0.15, 0.2) is 30.5 Å². The number of aromatic amines is 1. The zero-order valence-electron chi connectivity index (χ0n) is 11.3. The smallest absolute Gasteiger partial charge is 0.0613 e. The highest BCUT2D eigenvalue weighted by atomic mass is 16.3. The number of aliphatic hydroxyl groups excluding tert-OH is 1. The molecule has 0 spiro atoms. The van der Waals surface area contributed by atoms with Gasteiger partial charge in [0, 0.05) is 23.8 Å². The number of fused-ring (bicyclic) bond motifs is 1. The summed E-state index contributed by atoms with van der Waals surface area (Å²) in [6.07, 6.45) is 7.91. The Morgan fingerprint density at radius 3 is 2.79 bits per heavy atom. The number of hydrogen-bond acceptors (Lipinski definition) is 2. The normalized spacial score (nSPS) is 18.8. The number of nitrogens with one attached hydrogen (secondary N) is 2. The lowest BCUT2D eigenvalue weighted by molar-refractivity contribution is 0.119. The molecule has 1 heterocycles. The Labute approximate surface area is 114 Å². The maximum Gasteiger partial charge on any atom is 0.0613 e. The lowest BCUT2D eigenvalue weighted by atomic mass is 9.82. The molecule has 2 aromatic rings. The van der Waals surface area contributed by atoms with Crippen molar-refractivity contribution in [3.8, 4) is 0 Å². The average molecular weight is 258 g/mol. The zero-order valence-corrected chi connectivity index (χ0v) is 11.3. The van der Waals surface area contributed by atoms with E-state index in [0.717, 1.165) is 19.4 Å². The van der Waals surface area contributed by atoms with Gasteiger partial charge in [-0.2, -0.15) is 0 Å². The van der Waals surface area contributed by atoms with Gasteiger partial charge in [0.1, 0.15) is 0 Å². The van der Waals surface area contributed by atoms with E-state index in [0.29, 0.717) is 0 Å². The maximum atomic E-state index is 9.69. The standard InChI is InChI=1S/C16H22N2O/c19-12-16(7-2-1-3-8-16)18-11-13-4-5-14-6-9-17-15(14)10-13/h4-6,9-10,17-19H,1-3,7-8,11-12H2. The molecule has 1 aliphatic carbocycles. The van der Waals surface area contributed by atoms with Gasteiger partial charge in [-0.05, 0) is 35.9 Å². The van der Waals surface area contributed by atoms with Crippen LogP contribution < -0.4 is 5.32 Å². The Balaban J connectivity index is 1.70. The van der Waals surface area contributed by atoms with Crippen LogP contribution in [-0.4, -0.2) is 22.2 Å². The molecule has 1 aromatic carbocycles. The Kier molecular flexibility index (Phi) is 3.58. The van der Waals surface area contributed by atoms with E-state index >= 15 is 0 Å². The fraction of sp³-hybridized carbons (Fsp3) is 0.500. The van der Waals surface area contributed by atoms with Crippen molar-refractivity contribution in [2.45, 2.75) is 44.2 Å². The summed E-state index contributed by atoms with van der Waals surface area (Å²) in [5, 5.41) is 14.5. The van der Waals surface area contributed by atoms with E-state index in [-0.39, 0.29) is 12.1 Å². The molecule has 3 rings (SSSR count). The zero-order chi connectivity index (χ0) is 13.1. The molecule has 0 saturated heterocycles. The molecular weight excluding hydrogens is 236 g/mol. The minimum Gasteiger partial charge on any atom is -0.394 e. The van der Waals surface area contributed by atoms with Gasteiger partial charge >= 0.3 is 0 Å². The molecule has 3 nitrogen and oxygen atoms in total. The molecule has 0 amide bonds. The van der Waals surface area contributed by atoms with Gasteiger partial charge < -0.3 is 15.4 Å². The molecule has 1 aromatic heterocycles. The summed E-state index contributed by atoms with van der Waals surface area (Å²) >= 11 is 0. The van der Waals surface area contributed by atoms with Crippen LogP contribution in [0.5, 0.6) is 0 Å². The summed E-state index contributed by atoms with van der Waals surface area (Å²) in [6, 6.07) is 8.59. The summed E-state index contributed by atoms with van der Waals surface area (Å²) < 4.78 is 0. The highest BCUT2D eigenvalue weighted by Crippen LogP contribution is 2.28. The van der Waals surface area contributed by atoms with Crippen LogP contribution in [0.4, 0.5) is 0 Å². The van der Waals surface area contributed by atoms with Crippen LogP contribution in [-0.2, 0) is 6.54 Å². The quantitative estimate of drug-likeness (QED) is 0.789. The van der Waals surface area contributed by atoms with Crippen molar-refractivity contribution in [1.82, 2.24) is 10.3 Å². The number of aromatic nitrogens is 1. The molecule has 1 aliphatic rings. The summed E-state index contributed by atoms with van der Waals surface area (Å²) in [5.41, 5.74) is 2.40. The predicted octanol–water partition coefficient (Wildman–Crippen LogP) is 2.95. The first-order valence-electron chi connectivity index (χ1n) is 7.23. The fourth-order valence-corrected chi connectivity index (χ4v) is 3.11. The number of H-pyrrole nitrogens is 1. The molecule has 0 bridgehead atoms. The second kappa shape index (κ2) is 5.35. The molecule has 1 saturated carbocycles. The van der Waals surface area contributed by atoms with E-state index in [9.17, 15) is 5.11 Å². The molecular formula is C16H22N2O. The first kappa shape index (κ1) is 12.7. The van der Waals surface area contributed by atoms with Crippen LogP contribution in [0.25, 0.3) is 10.9 Å². The molecule has 3 heteroatoms. The number of rotatable bonds is 4. The summed E-state index contributed by atoms with van der Waals surface area (Å²) in [5.74, 6) is 0. The molecule has 0 radical (unpaired) electrons. The maximum absolute atomic E-state index is 9.69. The van der Waals surface area contributed by atoms with Crippen molar-refractivity contribution in [2.75, 3.05) is 6.61 Å². The fourth-order valence-electron chi connectivity index (χ4n) is 3.11. The Morgan fingerprint density at radius 2 is 2.00 bits per heavy atom. The van der Waals surface area contributed by atoms with Gasteiger partial charge in [-0.1, -0.05) is 31.4 Å². The second-order valence-corrected chi connectivity index (χ2v) is 5.75. The number of aliphatic hydroxyl groups is 1. The minimum absolute atomic E-state index is 0.0526. The minimum atomic E-state index is -0.0526. The van der Waals surface area contributed by atoms with E-state index in [1.807, 2.05) is 6.20 Å². The van der Waals surface area contributed by atoms with Gasteiger partial charge in [0.05, 0.1) is 6.61 Å². The van der Waals surface area contributed by atoms with Gasteiger partial charge in [-0.25, -0.2) is 0 Å². The van der Waals surface area contributed by atoms with Crippen LogP contribution in [0, 0.1) is 0 Å². The van der Waals surface area contributed by atoms with Gasteiger partial charge in [0.25, 0.3) is 0 Å². The van der Waals surface area contributed by atoms with Crippen molar-refractivity contribution in [1.29, 1.82) is 0 Å². The van der Waals surface area contributed by atoms with Crippen LogP contribution in [0.3, 0.4) is 0 Å². The molecule has 19 heavy (non-hydrogen) atoms. The third-order valence-electron chi connectivity index (χ3n) is 4.40. The third kappa shape index (κ3) is 2.67. The molecule has 3 N–H and O–H groups in total. The van der Waals surface area contributed by atoms with Crippen molar-refractivity contribution >= 4 is 10.9 Å². The van der Waals surface area contributed by atoms with Gasteiger partial charge in [-0.15, -0.1) is 0 Å². The highest BCUT2D eigenvalue weighted by Gasteiger charge is 2.30. The third-order valence-corrected chi connectivity index (χ3v) is 4.40. The molecule has 0 unspecified atom stereocenters.